The molecule has 0 aliphatic heterocycles. The topological polar surface area (TPSA) is 115 Å². The summed E-state index contributed by atoms with van der Waals surface area (Å²) in [6, 6.07) is 16.2. The number of hydrogen-bond donors (Lipinski definition) is 2. The second-order valence-electron chi connectivity index (χ2n) is 8.85. The molecule has 13 heteroatoms. The molecule has 0 unspecified atom stereocenters. The molecule has 2 heterocycles. The molecule has 208 valence electrons. The van der Waals surface area contributed by atoms with Gasteiger partial charge in [-0.2, -0.15) is 5.10 Å². The molecule has 0 spiro atoms. The number of sulfonamides is 1. The van der Waals surface area contributed by atoms with E-state index in [0.717, 1.165) is 22.5 Å². The van der Waals surface area contributed by atoms with Gasteiger partial charge in [0.05, 0.1) is 42.0 Å². The lowest BCUT2D eigenvalue weighted by molar-refractivity contribution is -0.122. The second kappa shape index (κ2) is 12.8. The molecule has 0 saturated heterocycles. The Kier molecular flexibility index (Phi) is 9.46. The van der Waals surface area contributed by atoms with Crippen molar-refractivity contribution in [3.8, 4) is 5.75 Å². The number of nitrogens with zero attached hydrogens (tertiary/aromatic N) is 3. The zero-order valence-electron chi connectivity index (χ0n) is 21.8. The minimum atomic E-state index is -3.90. The maximum atomic E-state index is 13.0. The Morgan fingerprint density at radius 3 is 2.62 bits per heavy atom. The van der Waals surface area contributed by atoms with Crippen molar-refractivity contribution in [3.63, 3.8) is 0 Å². The van der Waals surface area contributed by atoms with Crippen molar-refractivity contribution in [1.82, 2.24) is 20.0 Å². The molecule has 39 heavy (non-hydrogen) atoms. The number of ether oxygens (including phenoxy) is 2. The molecule has 0 aliphatic rings. The number of rotatable bonds is 13. The summed E-state index contributed by atoms with van der Waals surface area (Å²) in [5.41, 5.74) is 2.57. The zero-order valence-corrected chi connectivity index (χ0v) is 24.2. The summed E-state index contributed by atoms with van der Waals surface area (Å²) < 4.78 is 41.4. The SMILES string of the molecule is COCCN(C)CC(=O)NCc1cccc(Cn2nc(NS(=O)(=O)c3ccc(Cl)s3)c3c(OC)cccc32)c1. The van der Waals surface area contributed by atoms with Crippen LogP contribution in [0, 0.1) is 0 Å². The number of methoxy groups -OCH3 is 2. The lowest BCUT2D eigenvalue weighted by atomic mass is 10.1. The first-order valence-electron chi connectivity index (χ1n) is 12.0. The Labute approximate surface area is 236 Å². The number of carbonyl (C=O) groups is 1. The van der Waals surface area contributed by atoms with Crippen LogP contribution in [-0.2, 0) is 32.6 Å². The van der Waals surface area contributed by atoms with Gasteiger partial charge in [0, 0.05) is 20.2 Å². The summed E-state index contributed by atoms with van der Waals surface area (Å²) >= 11 is 6.92. The van der Waals surface area contributed by atoms with E-state index < -0.39 is 10.0 Å². The third-order valence-electron chi connectivity index (χ3n) is 5.91. The molecule has 10 nitrogen and oxygen atoms in total. The van der Waals surface area contributed by atoms with Gasteiger partial charge in [-0.25, -0.2) is 8.42 Å². The fourth-order valence-electron chi connectivity index (χ4n) is 4.02. The lowest BCUT2D eigenvalue weighted by Crippen LogP contribution is -2.36. The Bertz CT molecular complexity index is 1550. The number of hydrogen-bond acceptors (Lipinski definition) is 8. The number of carbonyl (C=O) groups excluding carboxylic acids is 1. The Balaban J connectivity index is 1.54. The molecule has 2 aromatic carbocycles. The van der Waals surface area contributed by atoms with Crippen LogP contribution >= 0.6 is 22.9 Å². The van der Waals surface area contributed by atoms with E-state index >= 15 is 0 Å². The highest BCUT2D eigenvalue weighted by molar-refractivity contribution is 7.94. The molecule has 0 fully saturated rings. The number of halogens is 1. The van der Waals surface area contributed by atoms with Crippen molar-refractivity contribution in [2.75, 3.05) is 45.7 Å². The molecule has 0 aliphatic carbocycles. The number of fused-ring (bicyclic) bond motifs is 1. The largest absolute Gasteiger partial charge is 0.496 e. The normalized spacial score (nSPS) is 11.7. The molecule has 4 rings (SSSR count). The highest BCUT2D eigenvalue weighted by Gasteiger charge is 2.23. The first kappa shape index (κ1) is 28.8. The van der Waals surface area contributed by atoms with Crippen LogP contribution < -0.4 is 14.8 Å². The van der Waals surface area contributed by atoms with Crippen molar-refractivity contribution >= 4 is 55.6 Å². The standard InChI is InChI=1S/C26H30ClN5O5S2/c1-31(12-13-36-2)17-23(33)28-15-18-6-4-7-19(14-18)16-32-20-8-5-9-21(37-3)25(20)26(29-32)30-39(34,35)24-11-10-22(27)38-24/h4-11,14H,12-13,15-17H2,1-3H3,(H,28,33)(H,29,30). The maximum absolute atomic E-state index is 13.0. The summed E-state index contributed by atoms with van der Waals surface area (Å²) in [6.45, 7) is 2.26. The first-order chi connectivity index (χ1) is 18.7. The molecule has 1 amide bonds. The van der Waals surface area contributed by atoms with Gasteiger partial charge < -0.3 is 14.8 Å². The lowest BCUT2D eigenvalue weighted by Gasteiger charge is -2.15. The number of amides is 1. The predicted molar refractivity (Wildman–Crippen MR) is 153 cm³/mol. The van der Waals surface area contributed by atoms with Crippen LogP contribution in [0.2, 0.25) is 4.34 Å². The van der Waals surface area contributed by atoms with Crippen LogP contribution in [0.4, 0.5) is 5.82 Å². The minimum Gasteiger partial charge on any atom is -0.496 e. The van der Waals surface area contributed by atoms with Crippen molar-refractivity contribution in [2.45, 2.75) is 17.3 Å². The van der Waals surface area contributed by atoms with E-state index in [0.29, 0.717) is 47.2 Å². The average molecular weight is 592 g/mol. The van der Waals surface area contributed by atoms with E-state index in [1.165, 1.54) is 19.2 Å². The summed E-state index contributed by atoms with van der Waals surface area (Å²) in [4.78, 5) is 14.2. The van der Waals surface area contributed by atoms with Crippen LogP contribution in [0.15, 0.2) is 58.8 Å². The van der Waals surface area contributed by atoms with Gasteiger partial charge in [-0.05, 0) is 42.4 Å². The molecular weight excluding hydrogens is 562 g/mol. The molecule has 0 bridgehead atoms. The monoisotopic (exact) mass is 591 g/mol. The second-order valence-corrected chi connectivity index (χ2v) is 12.5. The molecular formula is C26H30ClN5O5S2. The van der Waals surface area contributed by atoms with E-state index in [1.54, 1.807) is 17.9 Å². The smallest absolute Gasteiger partial charge is 0.272 e. The van der Waals surface area contributed by atoms with Gasteiger partial charge in [0.25, 0.3) is 10.0 Å². The quantitative estimate of drug-likeness (QED) is 0.243. The van der Waals surface area contributed by atoms with Crippen LogP contribution in [0.1, 0.15) is 11.1 Å². The maximum Gasteiger partial charge on any atom is 0.272 e. The van der Waals surface area contributed by atoms with E-state index in [1.807, 2.05) is 48.3 Å². The predicted octanol–water partition coefficient (Wildman–Crippen LogP) is 3.80. The fourth-order valence-corrected chi connectivity index (χ4v) is 6.51. The molecule has 4 aromatic rings. The molecule has 0 radical (unpaired) electrons. The highest BCUT2D eigenvalue weighted by Crippen LogP contribution is 2.35. The van der Waals surface area contributed by atoms with Crippen LogP contribution in [0.3, 0.4) is 0 Å². The van der Waals surface area contributed by atoms with Crippen molar-refractivity contribution < 1.29 is 22.7 Å². The van der Waals surface area contributed by atoms with E-state index in [9.17, 15) is 13.2 Å². The van der Waals surface area contributed by atoms with Crippen molar-refractivity contribution in [1.29, 1.82) is 0 Å². The number of benzene rings is 2. The van der Waals surface area contributed by atoms with Crippen molar-refractivity contribution in [2.24, 2.45) is 0 Å². The number of thiophene rings is 1. The van der Waals surface area contributed by atoms with Gasteiger partial charge >= 0.3 is 0 Å². The number of likely N-dealkylation sites (N-methyl/N-ethyl adjacent to an activating group) is 1. The van der Waals surface area contributed by atoms with Crippen LogP contribution in [0.25, 0.3) is 10.9 Å². The van der Waals surface area contributed by atoms with Gasteiger partial charge in [-0.1, -0.05) is 41.9 Å². The Morgan fingerprint density at radius 1 is 1.13 bits per heavy atom. The summed E-state index contributed by atoms with van der Waals surface area (Å²) in [5.74, 6) is 0.578. The minimum absolute atomic E-state index is 0.0758. The molecule has 2 N–H and O–H groups in total. The third-order valence-corrected chi connectivity index (χ3v) is 8.97. The van der Waals surface area contributed by atoms with Gasteiger partial charge in [0.1, 0.15) is 9.96 Å². The van der Waals surface area contributed by atoms with Gasteiger partial charge in [0.15, 0.2) is 5.82 Å². The molecule has 0 saturated carbocycles. The van der Waals surface area contributed by atoms with Gasteiger partial charge in [0.2, 0.25) is 5.91 Å². The number of aromatic nitrogens is 2. The Morgan fingerprint density at radius 2 is 1.90 bits per heavy atom. The fraction of sp³-hybridized carbons (Fsp3) is 0.308. The zero-order chi connectivity index (χ0) is 28.0. The third kappa shape index (κ3) is 7.28. The van der Waals surface area contributed by atoms with Gasteiger partial charge in [-0.15, -0.1) is 11.3 Å². The van der Waals surface area contributed by atoms with Crippen LogP contribution in [-0.4, -0.2) is 70.0 Å². The first-order valence-corrected chi connectivity index (χ1v) is 14.7. The van der Waals surface area contributed by atoms with E-state index in [4.69, 9.17) is 21.1 Å². The molecule has 2 aromatic heterocycles. The summed E-state index contributed by atoms with van der Waals surface area (Å²) in [6.07, 6.45) is 0. The summed E-state index contributed by atoms with van der Waals surface area (Å²) in [5, 5.41) is 8.10. The summed E-state index contributed by atoms with van der Waals surface area (Å²) in [7, 11) is 1.12. The van der Waals surface area contributed by atoms with Gasteiger partial charge in [-0.3, -0.25) is 19.1 Å². The number of nitrogens with one attached hydrogen (secondary N) is 2. The van der Waals surface area contributed by atoms with E-state index in [-0.39, 0.29) is 22.5 Å². The Hall–Kier alpha value is -3.16. The van der Waals surface area contributed by atoms with Crippen LogP contribution in [0.5, 0.6) is 5.75 Å². The average Bonchev–Trinajstić information content (AvgIpc) is 3.50. The van der Waals surface area contributed by atoms with E-state index in [2.05, 4.69) is 15.1 Å². The number of anilines is 1. The molecule has 0 atom stereocenters. The highest BCUT2D eigenvalue weighted by atomic mass is 35.5. The van der Waals surface area contributed by atoms with Crippen molar-refractivity contribution in [3.05, 3.63) is 70.1 Å².